The number of methoxy groups -OCH3 is 1. The molecule has 0 aliphatic rings. The van der Waals surface area contributed by atoms with Gasteiger partial charge in [-0.2, -0.15) is 13.2 Å². The van der Waals surface area contributed by atoms with E-state index in [1.807, 2.05) is 0 Å². The summed E-state index contributed by atoms with van der Waals surface area (Å²) in [7, 11) is 1.41. The van der Waals surface area contributed by atoms with Crippen molar-refractivity contribution >= 4 is 11.6 Å². The third-order valence-electron chi connectivity index (χ3n) is 2.24. The second-order valence-electron chi connectivity index (χ2n) is 3.43. The Hall–Kier alpha value is -0.940. The van der Waals surface area contributed by atoms with Crippen LogP contribution in [0.3, 0.4) is 0 Å². The topological polar surface area (TPSA) is 21.3 Å². The molecule has 0 spiro atoms. The van der Waals surface area contributed by atoms with Crippen LogP contribution in [0.1, 0.15) is 18.5 Å². The maximum Gasteiger partial charge on any atom is 0.407 e. The number of hydrogen-bond acceptors (Lipinski definition) is 2. The molecule has 1 unspecified atom stereocenters. The van der Waals surface area contributed by atoms with Gasteiger partial charge in [0, 0.05) is 0 Å². The Kier molecular flexibility index (Phi) is 4.65. The SMILES string of the molecule is CCNC(c1ccc(OC)c(Cl)c1)C(F)(F)F. The molecule has 1 rings (SSSR count). The highest BCUT2D eigenvalue weighted by atomic mass is 35.5. The van der Waals surface area contributed by atoms with Crippen molar-refractivity contribution in [1.82, 2.24) is 5.32 Å². The average Bonchev–Trinajstić information content (AvgIpc) is 2.24. The quantitative estimate of drug-likeness (QED) is 0.901. The number of hydrogen-bond donors (Lipinski definition) is 1. The molecule has 0 heterocycles. The maximum absolute atomic E-state index is 12.8. The van der Waals surface area contributed by atoms with Crippen LogP contribution < -0.4 is 10.1 Å². The first kappa shape index (κ1) is 14.1. The Morgan fingerprint density at radius 1 is 1.41 bits per heavy atom. The van der Waals surface area contributed by atoms with Gasteiger partial charge in [0.1, 0.15) is 11.8 Å². The summed E-state index contributed by atoms with van der Waals surface area (Å²) in [5, 5.41) is 2.54. The first-order valence-corrected chi connectivity index (χ1v) is 5.41. The van der Waals surface area contributed by atoms with Gasteiger partial charge in [0.05, 0.1) is 12.1 Å². The zero-order valence-corrected chi connectivity index (χ0v) is 10.2. The van der Waals surface area contributed by atoms with E-state index in [1.165, 1.54) is 25.3 Å². The molecule has 1 N–H and O–H groups in total. The monoisotopic (exact) mass is 267 g/mol. The number of rotatable bonds is 4. The van der Waals surface area contributed by atoms with Crippen molar-refractivity contribution in [2.45, 2.75) is 19.1 Å². The number of ether oxygens (including phenoxy) is 1. The number of alkyl halides is 3. The second kappa shape index (κ2) is 5.60. The van der Waals surface area contributed by atoms with Crippen LogP contribution in [-0.4, -0.2) is 19.8 Å². The molecule has 0 saturated heterocycles. The number of nitrogens with one attached hydrogen (secondary N) is 1. The third kappa shape index (κ3) is 3.51. The van der Waals surface area contributed by atoms with Gasteiger partial charge in [-0.3, -0.25) is 0 Å². The minimum absolute atomic E-state index is 0.0742. The van der Waals surface area contributed by atoms with Gasteiger partial charge in [-0.15, -0.1) is 0 Å². The molecule has 1 aromatic carbocycles. The van der Waals surface area contributed by atoms with Gasteiger partial charge >= 0.3 is 6.18 Å². The van der Waals surface area contributed by atoms with Crippen LogP contribution in [0.25, 0.3) is 0 Å². The number of halogens is 4. The van der Waals surface area contributed by atoms with Gasteiger partial charge in [0.2, 0.25) is 0 Å². The molecular formula is C11H13ClF3NO. The Balaban J connectivity index is 3.07. The van der Waals surface area contributed by atoms with Gasteiger partial charge in [0.25, 0.3) is 0 Å². The van der Waals surface area contributed by atoms with Crippen molar-refractivity contribution in [2.75, 3.05) is 13.7 Å². The predicted octanol–water partition coefficient (Wildman–Crippen LogP) is 3.56. The fourth-order valence-electron chi connectivity index (χ4n) is 1.49. The summed E-state index contributed by atoms with van der Waals surface area (Å²) >= 11 is 5.80. The lowest BCUT2D eigenvalue weighted by Gasteiger charge is -2.21. The molecule has 0 saturated carbocycles. The van der Waals surface area contributed by atoms with Gasteiger partial charge in [-0.25, -0.2) is 0 Å². The summed E-state index contributed by atoms with van der Waals surface area (Å²) in [6.45, 7) is 1.83. The summed E-state index contributed by atoms with van der Waals surface area (Å²) in [6.07, 6.45) is -4.35. The van der Waals surface area contributed by atoms with E-state index in [2.05, 4.69) is 5.32 Å². The predicted molar refractivity (Wildman–Crippen MR) is 60.5 cm³/mol. The average molecular weight is 268 g/mol. The van der Waals surface area contributed by atoms with E-state index in [0.717, 1.165) is 0 Å². The normalized spacial score (nSPS) is 13.5. The molecule has 0 fully saturated rings. The third-order valence-corrected chi connectivity index (χ3v) is 2.54. The van der Waals surface area contributed by atoms with Crippen LogP contribution in [0.2, 0.25) is 5.02 Å². The fourth-order valence-corrected chi connectivity index (χ4v) is 1.76. The van der Waals surface area contributed by atoms with E-state index in [0.29, 0.717) is 5.75 Å². The Morgan fingerprint density at radius 3 is 2.47 bits per heavy atom. The van der Waals surface area contributed by atoms with Crippen LogP contribution in [0.5, 0.6) is 5.75 Å². The smallest absolute Gasteiger partial charge is 0.407 e. The lowest BCUT2D eigenvalue weighted by Crippen LogP contribution is -2.34. The zero-order valence-electron chi connectivity index (χ0n) is 9.44. The van der Waals surface area contributed by atoms with E-state index in [1.54, 1.807) is 6.92 Å². The molecule has 0 amide bonds. The molecule has 1 aromatic rings. The maximum atomic E-state index is 12.8. The molecule has 0 aliphatic carbocycles. The van der Waals surface area contributed by atoms with Crippen molar-refractivity contribution in [3.05, 3.63) is 28.8 Å². The lowest BCUT2D eigenvalue weighted by molar-refractivity contribution is -0.157. The Morgan fingerprint density at radius 2 is 2.06 bits per heavy atom. The summed E-state index contributed by atoms with van der Waals surface area (Å²) in [5.41, 5.74) is 0.0742. The minimum Gasteiger partial charge on any atom is -0.495 e. The van der Waals surface area contributed by atoms with Crippen LogP contribution in [0, 0.1) is 0 Å². The fraction of sp³-hybridized carbons (Fsp3) is 0.455. The van der Waals surface area contributed by atoms with Crippen molar-refractivity contribution in [1.29, 1.82) is 0 Å². The lowest BCUT2D eigenvalue weighted by atomic mass is 10.1. The van der Waals surface area contributed by atoms with E-state index in [-0.39, 0.29) is 17.1 Å². The van der Waals surface area contributed by atoms with E-state index >= 15 is 0 Å². The summed E-state index contributed by atoms with van der Waals surface area (Å²) in [5.74, 6) is 0.354. The van der Waals surface area contributed by atoms with Gasteiger partial charge in [-0.1, -0.05) is 24.6 Å². The molecule has 0 aromatic heterocycles. The molecule has 0 radical (unpaired) electrons. The molecule has 96 valence electrons. The molecule has 2 nitrogen and oxygen atoms in total. The standard InChI is InChI=1S/C11H13ClF3NO/c1-3-16-10(11(13,14)15)7-4-5-9(17-2)8(12)6-7/h4-6,10,16H,3H2,1-2H3. The minimum atomic E-state index is -4.35. The first-order valence-electron chi connectivity index (χ1n) is 5.03. The van der Waals surface area contributed by atoms with Crippen molar-refractivity contribution in [3.63, 3.8) is 0 Å². The van der Waals surface area contributed by atoms with Crippen LogP contribution in [0.15, 0.2) is 18.2 Å². The highest BCUT2D eigenvalue weighted by Crippen LogP contribution is 2.35. The van der Waals surface area contributed by atoms with Crippen molar-refractivity contribution < 1.29 is 17.9 Å². The summed E-state index contributed by atoms with van der Waals surface area (Å²) in [4.78, 5) is 0. The Labute approximate surface area is 103 Å². The number of benzene rings is 1. The highest BCUT2D eigenvalue weighted by Gasteiger charge is 2.40. The van der Waals surface area contributed by atoms with Crippen LogP contribution in [0.4, 0.5) is 13.2 Å². The summed E-state index contributed by atoms with van der Waals surface area (Å²) in [6, 6.07) is 2.33. The highest BCUT2D eigenvalue weighted by molar-refractivity contribution is 6.32. The van der Waals surface area contributed by atoms with Gasteiger partial charge in [-0.05, 0) is 24.2 Å². The Bertz CT molecular complexity index is 381. The molecule has 1 atom stereocenters. The van der Waals surface area contributed by atoms with E-state index in [9.17, 15) is 13.2 Å². The van der Waals surface area contributed by atoms with E-state index < -0.39 is 12.2 Å². The zero-order chi connectivity index (χ0) is 13.1. The second-order valence-corrected chi connectivity index (χ2v) is 3.83. The van der Waals surface area contributed by atoms with Crippen molar-refractivity contribution in [2.24, 2.45) is 0 Å². The largest absolute Gasteiger partial charge is 0.495 e. The molecule has 6 heteroatoms. The van der Waals surface area contributed by atoms with Crippen LogP contribution in [-0.2, 0) is 0 Å². The van der Waals surface area contributed by atoms with Crippen LogP contribution >= 0.6 is 11.6 Å². The van der Waals surface area contributed by atoms with Crippen molar-refractivity contribution in [3.8, 4) is 5.75 Å². The van der Waals surface area contributed by atoms with Gasteiger partial charge < -0.3 is 10.1 Å². The molecule has 0 aliphatic heterocycles. The summed E-state index contributed by atoms with van der Waals surface area (Å²) < 4.78 is 43.2. The first-order chi connectivity index (χ1) is 7.90. The van der Waals surface area contributed by atoms with E-state index in [4.69, 9.17) is 16.3 Å². The molecular weight excluding hydrogens is 255 g/mol. The van der Waals surface area contributed by atoms with Gasteiger partial charge in [0.15, 0.2) is 0 Å². The molecule has 17 heavy (non-hydrogen) atoms. The molecule has 0 bridgehead atoms.